The molecule has 0 atom stereocenters. The summed E-state index contributed by atoms with van der Waals surface area (Å²) in [6.45, 7) is 4.69. The number of methoxy groups -OCH3 is 1. The van der Waals surface area contributed by atoms with E-state index in [1.54, 1.807) is 13.2 Å². The molecular formula is C29H25ClN2O4. The molecule has 3 heterocycles. The molecule has 2 aliphatic heterocycles. The van der Waals surface area contributed by atoms with Crippen LogP contribution in [-0.4, -0.2) is 29.1 Å². The van der Waals surface area contributed by atoms with E-state index in [4.69, 9.17) is 25.8 Å². The molecular weight excluding hydrogens is 476 g/mol. The van der Waals surface area contributed by atoms with Crippen LogP contribution in [-0.2, 0) is 19.6 Å². The fourth-order valence-corrected chi connectivity index (χ4v) is 5.03. The van der Waals surface area contributed by atoms with Crippen LogP contribution in [0.4, 0.5) is 0 Å². The molecule has 0 amide bonds. The third-order valence-electron chi connectivity index (χ3n) is 6.75. The van der Waals surface area contributed by atoms with E-state index in [-0.39, 0.29) is 5.78 Å². The molecule has 0 radical (unpaired) electrons. The van der Waals surface area contributed by atoms with Gasteiger partial charge in [-0.05, 0) is 61.0 Å². The second kappa shape index (κ2) is 9.04. The fraction of sp³-hybridized carbons (Fsp3) is 0.207. The SMILES string of the molecule is CCn1cc(/C=C2\Oc3c(ccc4c3CN(Cc3ccc(Cl)cc3)CO4)C2=O)c2cc(OC)ccc21. The van der Waals surface area contributed by atoms with Crippen molar-refractivity contribution < 1.29 is 19.0 Å². The minimum absolute atomic E-state index is 0.122. The van der Waals surface area contributed by atoms with Crippen LogP contribution in [0.2, 0.25) is 5.02 Å². The number of Topliss-reactive ketones (excluding diaryl/α,β-unsaturated/α-hetero) is 1. The standard InChI is InChI=1S/C29H25ClN2O4/c1-3-32-15-19(23-13-21(34-2)8-10-25(23)32)12-27-28(33)22-9-11-26-24(29(22)36-27)16-31(17-35-26)14-18-4-6-20(30)7-5-18/h4-13,15H,3,14,16-17H2,1-2H3/b27-12-. The number of halogens is 1. The lowest BCUT2D eigenvalue weighted by Gasteiger charge is -2.29. The van der Waals surface area contributed by atoms with Crippen molar-refractivity contribution in [2.75, 3.05) is 13.8 Å². The highest BCUT2D eigenvalue weighted by molar-refractivity contribution is 6.30. The summed E-state index contributed by atoms with van der Waals surface area (Å²) in [4.78, 5) is 15.5. The Kier molecular flexibility index (Phi) is 5.70. The minimum atomic E-state index is -0.122. The van der Waals surface area contributed by atoms with Crippen LogP contribution < -0.4 is 14.2 Å². The average molecular weight is 501 g/mol. The second-order valence-corrected chi connectivity index (χ2v) is 9.44. The smallest absolute Gasteiger partial charge is 0.231 e. The summed E-state index contributed by atoms with van der Waals surface area (Å²) in [5.41, 5.74) is 4.59. The highest BCUT2D eigenvalue weighted by atomic mass is 35.5. The first kappa shape index (κ1) is 22.7. The van der Waals surface area contributed by atoms with Gasteiger partial charge in [0.25, 0.3) is 0 Å². The van der Waals surface area contributed by atoms with Gasteiger partial charge in [-0.15, -0.1) is 0 Å². The van der Waals surface area contributed by atoms with Gasteiger partial charge in [-0.1, -0.05) is 23.7 Å². The highest BCUT2D eigenvalue weighted by Crippen LogP contribution is 2.42. The topological polar surface area (TPSA) is 52.9 Å². The Hall–Kier alpha value is -3.74. The number of nitrogens with zero attached hydrogens (tertiary/aromatic N) is 2. The minimum Gasteiger partial charge on any atom is -0.497 e. The van der Waals surface area contributed by atoms with Crippen molar-refractivity contribution in [1.29, 1.82) is 0 Å². The van der Waals surface area contributed by atoms with Crippen LogP contribution in [0.1, 0.15) is 34.0 Å². The van der Waals surface area contributed by atoms with Gasteiger partial charge in [-0.25, -0.2) is 0 Å². The lowest BCUT2D eigenvalue weighted by Crippen LogP contribution is -2.31. The molecule has 0 fully saturated rings. The molecule has 1 aromatic heterocycles. The Morgan fingerprint density at radius 1 is 1.11 bits per heavy atom. The van der Waals surface area contributed by atoms with Gasteiger partial charge in [0.1, 0.15) is 24.0 Å². The van der Waals surface area contributed by atoms with Crippen molar-refractivity contribution >= 4 is 34.4 Å². The molecule has 0 aliphatic carbocycles. The highest BCUT2D eigenvalue weighted by Gasteiger charge is 2.34. The van der Waals surface area contributed by atoms with Crippen LogP contribution in [0, 0.1) is 0 Å². The predicted octanol–water partition coefficient (Wildman–Crippen LogP) is 6.29. The first-order chi connectivity index (χ1) is 17.5. The number of benzene rings is 3. The molecule has 0 N–H and O–H groups in total. The molecule has 182 valence electrons. The van der Waals surface area contributed by atoms with Crippen molar-refractivity contribution in [3.05, 3.63) is 93.8 Å². The summed E-state index contributed by atoms with van der Waals surface area (Å²) in [6, 6.07) is 17.4. The summed E-state index contributed by atoms with van der Waals surface area (Å²) in [5, 5.41) is 1.72. The molecule has 0 spiro atoms. The van der Waals surface area contributed by atoms with E-state index in [9.17, 15) is 4.79 Å². The van der Waals surface area contributed by atoms with Crippen molar-refractivity contribution in [3.63, 3.8) is 0 Å². The molecule has 0 saturated heterocycles. The fourth-order valence-electron chi connectivity index (χ4n) is 4.90. The number of allylic oxidation sites excluding steroid dienone is 1. The number of aryl methyl sites for hydroxylation is 1. The molecule has 6 nitrogen and oxygen atoms in total. The zero-order valence-corrected chi connectivity index (χ0v) is 20.8. The maximum absolute atomic E-state index is 13.3. The van der Waals surface area contributed by atoms with E-state index in [1.807, 2.05) is 60.8 Å². The maximum Gasteiger partial charge on any atom is 0.231 e. The Labute approximate surface area is 214 Å². The molecule has 0 unspecified atom stereocenters. The monoisotopic (exact) mass is 500 g/mol. The van der Waals surface area contributed by atoms with Gasteiger partial charge >= 0.3 is 0 Å². The molecule has 6 rings (SSSR count). The van der Waals surface area contributed by atoms with Crippen molar-refractivity contribution in [2.24, 2.45) is 0 Å². The molecule has 0 bridgehead atoms. The van der Waals surface area contributed by atoms with Crippen LogP contribution in [0.5, 0.6) is 17.2 Å². The zero-order valence-electron chi connectivity index (χ0n) is 20.1. The molecule has 36 heavy (non-hydrogen) atoms. The summed E-state index contributed by atoms with van der Waals surface area (Å²) in [6.07, 6.45) is 3.88. The van der Waals surface area contributed by atoms with Gasteiger partial charge in [0, 0.05) is 47.3 Å². The van der Waals surface area contributed by atoms with Gasteiger partial charge in [0.15, 0.2) is 5.76 Å². The van der Waals surface area contributed by atoms with E-state index in [2.05, 4.69) is 16.4 Å². The number of fused-ring (bicyclic) bond motifs is 4. The van der Waals surface area contributed by atoms with Gasteiger partial charge in [-0.2, -0.15) is 0 Å². The summed E-state index contributed by atoms with van der Waals surface area (Å²) in [5.74, 6) is 2.29. The molecule has 0 saturated carbocycles. The van der Waals surface area contributed by atoms with Crippen LogP contribution in [0.25, 0.3) is 17.0 Å². The first-order valence-electron chi connectivity index (χ1n) is 11.9. The van der Waals surface area contributed by atoms with Crippen molar-refractivity contribution in [3.8, 4) is 17.2 Å². The van der Waals surface area contributed by atoms with Gasteiger partial charge in [-0.3, -0.25) is 9.69 Å². The lowest BCUT2D eigenvalue weighted by molar-refractivity contribution is 0.0873. The Bertz CT molecular complexity index is 1520. The predicted molar refractivity (Wildman–Crippen MR) is 140 cm³/mol. The number of carbonyl (C=O) groups excluding carboxylic acids is 1. The first-order valence-corrected chi connectivity index (χ1v) is 12.3. The number of ether oxygens (including phenoxy) is 3. The third-order valence-corrected chi connectivity index (χ3v) is 7.00. The number of carbonyl (C=O) groups is 1. The number of aromatic nitrogens is 1. The number of hydrogen-bond acceptors (Lipinski definition) is 5. The van der Waals surface area contributed by atoms with Gasteiger partial charge in [0.2, 0.25) is 5.78 Å². The normalized spacial score (nSPS) is 16.1. The maximum atomic E-state index is 13.3. The Morgan fingerprint density at radius 3 is 2.72 bits per heavy atom. The largest absolute Gasteiger partial charge is 0.497 e. The molecule has 7 heteroatoms. The van der Waals surface area contributed by atoms with E-state index in [0.29, 0.717) is 41.9 Å². The zero-order chi connectivity index (χ0) is 24.8. The lowest BCUT2D eigenvalue weighted by atomic mass is 10.0. The average Bonchev–Trinajstić information content (AvgIpc) is 3.42. The van der Waals surface area contributed by atoms with Crippen molar-refractivity contribution in [2.45, 2.75) is 26.6 Å². The number of hydrogen-bond donors (Lipinski definition) is 0. The molecule has 4 aromatic rings. The third kappa shape index (κ3) is 3.92. The number of rotatable bonds is 5. The van der Waals surface area contributed by atoms with E-state index >= 15 is 0 Å². The molecule has 2 aliphatic rings. The van der Waals surface area contributed by atoms with Crippen LogP contribution in [0.15, 0.2) is 66.6 Å². The van der Waals surface area contributed by atoms with E-state index in [0.717, 1.165) is 45.6 Å². The van der Waals surface area contributed by atoms with Gasteiger partial charge in [0.05, 0.1) is 18.2 Å². The van der Waals surface area contributed by atoms with E-state index < -0.39 is 0 Å². The Morgan fingerprint density at radius 2 is 1.94 bits per heavy atom. The quantitative estimate of drug-likeness (QED) is 0.301. The van der Waals surface area contributed by atoms with Crippen LogP contribution >= 0.6 is 11.6 Å². The van der Waals surface area contributed by atoms with E-state index in [1.165, 1.54) is 0 Å². The van der Waals surface area contributed by atoms with Crippen LogP contribution in [0.3, 0.4) is 0 Å². The summed E-state index contributed by atoms with van der Waals surface area (Å²) < 4.78 is 19.8. The van der Waals surface area contributed by atoms with Gasteiger partial charge < -0.3 is 18.8 Å². The second-order valence-electron chi connectivity index (χ2n) is 9.00. The summed E-state index contributed by atoms with van der Waals surface area (Å²) in [7, 11) is 1.65. The molecule has 3 aromatic carbocycles. The summed E-state index contributed by atoms with van der Waals surface area (Å²) >= 11 is 6.03. The number of ketones is 1. The Balaban J connectivity index is 1.32. The van der Waals surface area contributed by atoms with Crippen molar-refractivity contribution in [1.82, 2.24) is 9.47 Å².